The maximum absolute atomic E-state index is 6.21. The first kappa shape index (κ1) is 17.3. The molecule has 0 bridgehead atoms. The summed E-state index contributed by atoms with van der Waals surface area (Å²) >= 11 is 6.21. The van der Waals surface area contributed by atoms with Crippen LogP contribution < -0.4 is 9.80 Å². The van der Waals surface area contributed by atoms with Crippen molar-refractivity contribution in [2.24, 2.45) is 0 Å². The first-order valence-corrected chi connectivity index (χ1v) is 9.14. The normalized spacial score (nSPS) is 18.8. The molecule has 124 valence electrons. The molecule has 0 aromatic carbocycles. The summed E-state index contributed by atoms with van der Waals surface area (Å²) in [7, 11) is 2.11. The molecule has 0 atom stereocenters. The van der Waals surface area contributed by atoms with Gasteiger partial charge >= 0.3 is 0 Å². The van der Waals surface area contributed by atoms with Crippen molar-refractivity contribution in [3.63, 3.8) is 0 Å². The van der Waals surface area contributed by atoms with Gasteiger partial charge in [-0.15, -0.1) is 0 Å². The Morgan fingerprint density at radius 1 is 1.05 bits per heavy atom. The van der Waals surface area contributed by atoms with Gasteiger partial charge in [-0.3, -0.25) is 0 Å². The SMILES string of the molecule is CC.CN(c1nc(Cl)cc(N2CCCC2)n1)C1CCCCC1. The minimum atomic E-state index is 0.555. The molecule has 1 saturated heterocycles. The first-order chi connectivity index (χ1) is 10.7. The third kappa shape index (κ3) is 4.25. The van der Waals surface area contributed by atoms with E-state index in [4.69, 9.17) is 16.6 Å². The van der Waals surface area contributed by atoms with Crippen LogP contribution in [0, 0.1) is 0 Å². The summed E-state index contributed by atoms with van der Waals surface area (Å²) < 4.78 is 0. The van der Waals surface area contributed by atoms with E-state index < -0.39 is 0 Å². The molecule has 0 spiro atoms. The van der Waals surface area contributed by atoms with Gasteiger partial charge in [0.1, 0.15) is 11.0 Å². The highest BCUT2D eigenvalue weighted by Crippen LogP contribution is 2.27. The summed E-state index contributed by atoms with van der Waals surface area (Å²) in [6, 6.07) is 2.46. The van der Waals surface area contributed by atoms with Gasteiger partial charge in [0.15, 0.2) is 0 Å². The van der Waals surface area contributed by atoms with Gasteiger partial charge in [-0.05, 0) is 25.7 Å². The van der Waals surface area contributed by atoms with Crippen molar-refractivity contribution in [3.8, 4) is 0 Å². The number of nitrogens with zero attached hydrogens (tertiary/aromatic N) is 4. The summed E-state index contributed by atoms with van der Waals surface area (Å²) in [6.07, 6.45) is 8.96. The average Bonchev–Trinajstić information content (AvgIpc) is 3.11. The molecule has 1 saturated carbocycles. The van der Waals surface area contributed by atoms with Crippen LogP contribution in [0.4, 0.5) is 11.8 Å². The monoisotopic (exact) mass is 324 g/mol. The van der Waals surface area contributed by atoms with E-state index in [-0.39, 0.29) is 0 Å². The molecule has 2 aliphatic rings. The van der Waals surface area contributed by atoms with Crippen molar-refractivity contribution >= 4 is 23.4 Å². The lowest BCUT2D eigenvalue weighted by Gasteiger charge is -2.31. The molecule has 0 radical (unpaired) electrons. The molecule has 2 fully saturated rings. The molecule has 2 heterocycles. The molecule has 0 amide bonds. The second-order valence-electron chi connectivity index (χ2n) is 5.95. The van der Waals surface area contributed by atoms with E-state index in [1.54, 1.807) is 0 Å². The Balaban J connectivity index is 0.000000847. The van der Waals surface area contributed by atoms with Crippen molar-refractivity contribution in [1.82, 2.24) is 9.97 Å². The summed E-state index contributed by atoms with van der Waals surface area (Å²) in [5.41, 5.74) is 0. The summed E-state index contributed by atoms with van der Waals surface area (Å²) in [5.74, 6) is 1.77. The van der Waals surface area contributed by atoms with E-state index in [1.165, 1.54) is 44.9 Å². The van der Waals surface area contributed by atoms with Crippen molar-refractivity contribution < 1.29 is 0 Å². The van der Waals surface area contributed by atoms with Gasteiger partial charge < -0.3 is 9.80 Å². The lowest BCUT2D eigenvalue weighted by atomic mass is 9.95. The van der Waals surface area contributed by atoms with E-state index >= 15 is 0 Å². The van der Waals surface area contributed by atoms with E-state index in [1.807, 2.05) is 19.9 Å². The zero-order valence-electron chi connectivity index (χ0n) is 14.2. The van der Waals surface area contributed by atoms with Gasteiger partial charge in [-0.25, -0.2) is 4.98 Å². The van der Waals surface area contributed by atoms with Crippen molar-refractivity contribution in [2.75, 3.05) is 29.9 Å². The van der Waals surface area contributed by atoms with Gasteiger partial charge in [0.2, 0.25) is 5.95 Å². The van der Waals surface area contributed by atoms with Gasteiger partial charge in [0.05, 0.1) is 0 Å². The second kappa shape index (κ2) is 8.56. The fourth-order valence-corrected chi connectivity index (χ4v) is 3.46. The lowest BCUT2D eigenvalue weighted by molar-refractivity contribution is 0.424. The maximum Gasteiger partial charge on any atom is 0.228 e. The third-order valence-electron chi connectivity index (χ3n) is 4.54. The molecule has 0 unspecified atom stereocenters. The Hall–Kier alpha value is -1.03. The van der Waals surface area contributed by atoms with Crippen LogP contribution in [0.25, 0.3) is 0 Å². The standard InChI is InChI=1S/C15H23ClN4.C2H6/c1-19(12-7-3-2-4-8-12)15-17-13(16)11-14(18-15)20-9-5-6-10-20;1-2/h11-12H,2-10H2,1H3;1-2H3. The predicted molar refractivity (Wildman–Crippen MR) is 95.1 cm³/mol. The Labute approximate surface area is 139 Å². The zero-order valence-corrected chi connectivity index (χ0v) is 14.9. The van der Waals surface area contributed by atoms with E-state index in [2.05, 4.69) is 21.8 Å². The molecular formula is C17H29ClN4. The minimum absolute atomic E-state index is 0.555. The van der Waals surface area contributed by atoms with E-state index in [0.29, 0.717) is 11.2 Å². The number of anilines is 2. The third-order valence-corrected chi connectivity index (χ3v) is 4.73. The fraction of sp³-hybridized carbons (Fsp3) is 0.765. The van der Waals surface area contributed by atoms with Crippen LogP contribution in [0.3, 0.4) is 0 Å². The molecule has 22 heavy (non-hydrogen) atoms. The maximum atomic E-state index is 6.21. The highest BCUT2D eigenvalue weighted by atomic mass is 35.5. The molecule has 3 rings (SSSR count). The van der Waals surface area contributed by atoms with Crippen LogP contribution in [0.2, 0.25) is 5.15 Å². The average molecular weight is 325 g/mol. The molecule has 4 nitrogen and oxygen atoms in total. The number of aromatic nitrogens is 2. The van der Waals surface area contributed by atoms with E-state index in [9.17, 15) is 0 Å². The van der Waals surface area contributed by atoms with Crippen LogP contribution in [-0.4, -0.2) is 36.1 Å². The number of halogens is 1. The molecule has 1 aliphatic carbocycles. The van der Waals surface area contributed by atoms with Crippen molar-refractivity contribution in [2.45, 2.75) is 64.8 Å². The summed E-state index contributed by atoms with van der Waals surface area (Å²) in [4.78, 5) is 13.7. The second-order valence-corrected chi connectivity index (χ2v) is 6.33. The highest BCUT2D eigenvalue weighted by Gasteiger charge is 2.22. The van der Waals surface area contributed by atoms with Crippen LogP contribution in [-0.2, 0) is 0 Å². The topological polar surface area (TPSA) is 32.3 Å². The van der Waals surface area contributed by atoms with Crippen LogP contribution in [0.15, 0.2) is 6.07 Å². The molecular weight excluding hydrogens is 296 g/mol. The minimum Gasteiger partial charge on any atom is -0.356 e. The largest absolute Gasteiger partial charge is 0.356 e. The summed E-state index contributed by atoms with van der Waals surface area (Å²) in [6.45, 7) is 6.17. The van der Waals surface area contributed by atoms with Crippen LogP contribution in [0.1, 0.15) is 58.8 Å². The molecule has 5 heteroatoms. The van der Waals surface area contributed by atoms with Gasteiger partial charge in [0, 0.05) is 32.2 Å². The Kier molecular flexibility index (Phi) is 6.74. The van der Waals surface area contributed by atoms with E-state index in [0.717, 1.165) is 24.9 Å². The number of hydrogen-bond acceptors (Lipinski definition) is 4. The molecule has 1 aromatic heterocycles. The first-order valence-electron chi connectivity index (χ1n) is 8.76. The molecule has 0 N–H and O–H groups in total. The summed E-state index contributed by atoms with van der Waals surface area (Å²) in [5, 5.41) is 0.555. The van der Waals surface area contributed by atoms with Gasteiger partial charge in [-0.1, -0.05) is 44.7 Å². The fourth-order valence-electron chi connectivity index (χ4n) is 3.29. The van der Waals surface area contributed by atoms with Gasteiger partial charge in [-0.2, -0.15) is 4.98 Å². The molecule has 1 aromatic rings. The molecule has 1 aliphatic heterocycles. The van der Waals surface area contributed by atoms with Crippen LogP contribution in [0.5, 0.6) is 0 Å². The predicted octanol–water partition coefficient (Wildman–Crippen LogP) is 4.53. The lowest BCUT2D eigenvalue weighted by Crippen LogP contribution is -2.35. The Morgan fingerprint density at radius 2 is 1.68 bits per heavy atom. The van der Waals surface area contributed by atoms with Crippen molar-refractivity contribution in [1.29, 1.82) is 0 Å². The Bertz CT molecular complexity index is 454. The zero-order chi connectivity index (χ0) is 15.9. The highest BCUT2D eigenvalue weighted by molar-refractivity contribution is 6.29. The van der Waals surface area contributed by atoms with Gasteiger partial charge in [0.25, 0.3) is 0 Å². The number of hydrogen-bond donors (Lipinski definition) is 0. The smallest absolute Gasteiger partial charge is 0.228 e. The van der Waals surface area contributed by atoms with Crippen molar-refractivity contribution in [3.05, 3.63) is 11.2 Å². The quantitative estimate of drug-likeness (QED) is 0.765. The number of rotatable bonds is 3. The Morgan fingerprint density at radius 3 is 2.32 bits per heavy atom. The van der Waals surface area contributed by atoms with Crippen LogP contribution >= 0.6 is 11.6 Å².